The molecule has 37 heavy (non-hydrogen) atoms. The minimum absolute atomic E-state index is 0.308. The van der Waals surface area contributed by atoms with Crippen molar-refractivity contribution in [1.29, 1.82) is 0 Å². The maximum atomic E-state index is 13.8. The predicted octanol–water partition coefficient (Wildman–Crippen LogP) is 4.98. The Morgan fingerprint density at radius 2 is 1.97 bits per heavy atom. The van der Waals surface area contributed by atoms with Gasteiger partial charge in [-0.05, 0) is 69.0 Å². The van der Waals surface area contributed by atoms with Crippen LogP contribution in [0.2, 0.25) is 0 Å². The SMILES string of the molecule is CCO/N=C(\c1ccc(F)c(F)c1)c1ccc(CN2CCC3(CCN(c4nnc(C5CC5)s4)C3)C2)cn1. The molecule has 3 aromatic rings. The van der Waals surface area contributed by atoms with Gasteiger partial charge >= 0.3 is 0 Å². The summed E-state index contributed by atoms with van der Waals surface area (Å²) in [7, 11) is 0. The van der Waals surface area contributed by atoms with Gasteiger partial charge in [-0.3, -0.25) is 9.88 Å². The van der Waals surface area contributed by atoms with E-state index >= 15 is 0 Å². The molecule has 1 atom stereocenters. The van der Waals surface area contributed by atoms with Gasteiger partial charge in [-0.1, -0.05) is 22.6 Å². The van der Waals surface area contributed by atoms with E-state index in [1.165, 1.54) is 36.8 Å². The first-order valence-corrected chi connectivity index (χ1v) is 13.7. The predicted molar refractivity (Wildman–Crippen MR) is 139 cm³/mol. The van der Waals surface area contributed by atoms with Crippen molar-refractivity contribution in [2.75, 3.05) is 37.7 Å². The molecule has 2 aromatic heterocycles. The zero-order chi connectivity index (χ0) is 25.4. The van der Waals surface area contributed by atoms with Crippen molar-refractivity contribution in [3.63, 3.8) is 0 Å². The number of halogens is 2. The number of likely N-dealkylation sites (tertiary alicyclic amines) is 1. The molecule has 1 aliphatic carbocycles. The van der Waals surface area contributed by atoms with Crippen LogP contribution in [0.25, 0.3) is 0 Å². The second kappa shape index (κ2) is 10.1. The number of hydrogen-bond acceptors (Lipinski definition) is 8. The van der Waals surface area contributed by atoms with Gasteiger partial charge in [0.15, 0.2) is 11.6 Å². The summed E-state index contributed by atoms with van der Waals surface area (Å²) in [4.78, 5) is 14.8. The quantitative estimate of drug-likeness (QED) is 0.306. The van der Waals surface area contributed by atoms with Crippen LogP contribution in [0.5, 0.6) is 0 Å². The van der Waals surface area contributed by atoms with Crippen LogP contribution in [0, 0.1) is 17.0 Å². The Morgan fingerprint density at radius 3 is 2.73 bits per heavy atom. The maximum Gasteiger partial charge on any atom is 0.208 e. The minimum atomic E-state index is -0.929. The van der Waals surface area contributed by atoms with Crippen molar-refractivity contribution in [2.24, 2.45) is 10.6 Å². The van der Waals surface area contributed by atoms with E-state index in [1.54, 1.807) is 11.3 Å². The van der Waals surface area contributed by atoms with Crippen LogP contribution < -0.4 is 4.90 Å². The smallest absolute Gasteiger partial charge is 0.208 e. The Hall–Kier alpha value is -2.98. The normalized spacial score (nSPS) is 22.4. The third-order valence-corrected chi connectivity index (χ3v) is 8.68. The lowest BCUT2D eigenvalue weighted by Gasteiger charge is -2.24. The van der Waals surface area contributed by atoms with Gasteiger partial charge in [-0.2, -0.15) is 0 Å². The molecule has 0 amide bonds. The number of nitrogens with zero attached hydrogens (tertiary/aromatic N) is 6. The molecule has 2 saturated heterocycles. The van der Waals surface area contributed by atoms with Gasteiger partial charge in [0.2, 0.25) is 5.13 Å². The summed E-state index contributed by atoms with van der Waals surface area (Å²) in [6, 6.07) is 7.58. The number of oxime groups is 1. The van der Waals surface area contributed by atoms with Crippen LogP contribution in [0.4, 0.5) is 13.9 Å². The van der Waals surface area contributed by atoms with Gasteiger partial charge in [-0.15, -0.1) is 10.2 Å². The van der Waals surface area contributed by atoms with E-state index in [0.29, 0.717) is 34.9 Å². The Bertz CT molecular complexity index is 1290. The zero-order valence-corrected chi connectivity index (χ0v) is 21.7. The molecule has 1 saturated carbocycles. The molecule has 1 unspecified atom stereocenters. The minimum Gasteiger partial charge on any atom is -0.396 e. The van der Waals surface area contributed by atoms with E-state index in [4.69, 9.17) is 4.84 Å². The largest absolute Gasteiger partial charge is 0.396 e. The van der Waals surface area contributed by atoms with Gasteiger partial charge in [0.1, 0.15) is 17.3 Å². The highest BCUT2D eigenvalue weighted by atomic mass is 32.1. The lowest BCUT2D eigenvalue weighted by molar-refractivity contribution is 0.159. The summed E-state index contributed by atoms with van der Waals surface area (Å²) in [6.07, 6.45) is 6.72. The van der Waals surface area contributed by atoms with Crippen molar-refractivity contribution >= 4 is 22.2 Å². The molecule has 0 N–H and O–H groups in total. The fourth-order valence-electron chi connectivity index (χ4n) is 5.38. The van der Waals surface area contributed by atoms with Gasteiger partial charge < -0.3 is 9.74 Å². The van der Waals surface area contributed by atoms with E-state index in [9.17, 15) is 8.78 Å². The van der Waals surface area contributed by atoms with Crippen molar-refractivity contribution in [1.82, 2.24) is 20.1 Å². The summed E-state index contributed by atoms with van der Waals surface area (Å²) in [5, 5.41) is 15.3. The van der Waals surface area contributed by atoms with Gasteiger partial charge in [0.25, 0.3) is 0 Å². The first kappa shape index (κ1) is 24.4. The van der Waals surface area contributed by atoms with Crippen molar-refractivity contribution < 1.29 is 13.6 Å². The third-order valence-electron chi connectivity index (χ3n) is 7.53. The highest BCUT2D eigenvalue weighted by Gasteiger charge is 2.44. The molecule has 3 fully saturated rings. The molecule has 194 valence electrons. The fraction of sp³-hybridized carbons (Fsp3) is 0.481. The molecule has 2 aliphatic heterocycles. The van der Waals surface area contributed by atoms with E-state index < -0.39 is 11.6 Å². The molecule has 6 rings (SSSR count). The Morgan fingerprint density at radius 1 is 1.11 bits per heavy atom. The van der Waals surface area contributed by atoms with Crippen molar-refractivity contribution in [3.05, 3.63) is 70.0 Å². The van der Waals surface area contributed by atoms with Crippen LogP contribution in [0.1, 0.15) is 60.4 Å². The molecule has 4 heterocycles. The lowest BCUT2D eigenvalue weighted by Crippen LogP contribution is -2.30. The van der Waals surface area contributed by atoms with Crippen LogP contribution in [0.3, 0.4) is 0 Å². The average Bonchev–Trinajstić information content (AvgIpc) is 3.31. The molecule has 10 heteroatoms. The summed E-state index contributed by atoms with van der Waals surface area (Å²) in [6.45, 7) is 7.22. The van der Waals surface area contributed by atoms with E-state index in [1.807, 2.05) is 25.3 Å². The van der Waals surface area contributed by atoms with E-state index in [0.717, 1.165) is 55.6 Å². The fourth-order valence-corrected chi connectivity index (χ4v) is 6.42. The third kappa shape index (κ3) is 5.22. The molecule has 7 nitrogen and oxygen atoms in total. The molecular formula is C27H30F2N6OS. The molecule has 0 bridgehead atoms. The molecule has 0 radical (unpaired) electrons. The Balaban J connectivity index is 1.10. The zero-order valence-electron chi connectivity index (χ0n) is 20.9. The number of benzene rings is 1. The number of rotatable bonds is 8. The monoisotopic (exact) mass is 524 g/mol. The average molecular weight is 525 g/mol. The topological polar surface area (TPSA) is 66.7 Å². The summed E-state index contributed by atoms with van der Waals surface area (Å²) < 4.78 is 27.3. The molecular weight excluding hydrogens is 494 g/mol. The number of pyridine rings is 1. The molecule has 1 aromatic carbocycles. The van der Waals surface area contributed by atoms with Gasteiger partial charge in [0, 0.05) is 49.3 Å². The van der Waals surface area contributed by atoms with Crippen molar-refractivity contribution in [3.8, 4) is 0 Å². The van der Waals surface area contributed by atoms with Gasteiger partial charge in [0.05, 0.1) is 5.69 Å². The second-order valence-electron chi connectivity index (χ2n) is 10.4. The van der Waals surface area contributed by atoms with Crippen molar-refractivity contribution in [2.45, 2.75) is 45.1 Å². The molecule has 3 aliphatic rings. The highest BCUT2D eigenvalue weighted by molar-refractivity contribution is 7.15. The maximum absolute atomic E-state index is 13.8. The van der Waals surface area contributed by atoms with E-state index in [-0.39, 0.29) is 0 Å². The molecule has 1 spiro atoms. The van der Waals surface area contributed by atoms with Crippen LogP contribution in [-0.4, -0.2) is 58.6 Å². The summed E-state index contributed by atoms with van der Waals surface area (Å²) >= 11 is 1.78. The van der Waals surface area contributed by atoms with E-state index in [2.05, 4.69) is 30.1 Å². The number of anilines is 1. The number of aromatic nitrogens is 3. The first-order valence-electron chi connectivity index (χ1n) is 12.9. The Kier molecular flexibility index (Phi) is 6.62. The Labute approximate surface area is 219 Å². The highest BCUT2D eigenvalue weighted by Crippen LogP contribution is 2.45. The van der Waals surface area contributed by atoms with Gasteiger partial charge in [-0.25, -0.2) is 8.78 Å². The summed E-state index contributed by atoms with van der Waals surface area (Å²) in [5.41, 5.74) is 2.76. The van der Waals surface area contributed by atoms with Crippen LogP contribution in [0.15, 0.2) is 41.7 Å². The standard InChI is InChI=1S/C27H30F2N6OS/c1-2-36-33-24(20-6-7-21(28)22(29)13-20)23-8-3-18(14-30-23)15-34-11-9-27(16-34)10-12-35(17-27)26-32-31-25(37-26)19-4-5-19/h3,6-8,13-14,19H,2,4-5,9-12,15-17H2,1H3/b33-24+. The number of hydrogen-bond donors (Lipinski definition) is 0. The lowest BCUT2D eigenvalue weighted by atomic mass is 9.86. The van der Waals surface area contributed by atoms with Crippen LogP contribution >= 0.6 is 11.3 Å². The summed E-state index contributed by atoms with van der Waals surface area (Å²) in [5.74, 6) is -1.17. The second-order valence-corrected chi connectivity index (χ2v) is 11.4. The first-order chi connectivity index (χ1) is 18.0. The van der Waals surface area contributed by atoms with Crippen LogP contribution in [-0.2, 0) is 11.4 Å².